The molecule has 0 saturated heterocycles. The zero-order valence-electron chi connectivity index (χ0n) is 13.5. The summed E-state index contributed by atoms with van der Waals surface area (Å²) in [5, 5.41) is 11.1. The van der Waals surface area contributed by atoms with Crippen LogP contribution in [0, 0.1) is 15.5 Å². The fourth-order valence-corrected chi connectivity index (χ4v) is 2.39. The highest BCUT2D eigenvalue weighted by molar-refractivity contribution is 6.00. The molecule has 0 spiro atoms. The molecule has 126 valence electrons. The summed E-state index contributed by atoms with van der Waals surface area (Å²) in [5.74, 6) is -2.64. The first-order valence-corrected chi connectivity index (χ1v) is 7.39. The Hall–Kier alpha value is -2.44. The van der Waals surface area contributed by atoms with Crippen LogP contribution in [0.5, 0.6) is 0 Å². The van der Waals surface area contributed by atoms with Crippen molar-refractivity contribution >= 4 is 11.9 Å². The lowest BCUT2D eigenvalue weighted by molar-refractivity contribution is -0.485. The van der Waals surface area contributed by atoms with Crippen molar-refractivity contribution in [2.75, 3.05) is 19.8 Å². The van der Waals surface area contributed by atoms with E-state index >= 15 is 0 Å². The molecule has 0 amide bonds. The Kier molecular flexibility index (Phi) is 6.68. The third-order valence-electron chi connectivity index (χ3n) is 3.63. The summed E-state index contributed by atoms with van der Waals surface area (Å²) >= 11 is 0. The fourth-order valence-electron chi connectivity index (χ4n) is 2.39. The van der Waals surface area contributed by atoms with Gasteiger partial charge in [0.15, 0.2) is 5.41 Å². The topological polar surface area (TPSA) is 95.7 Å². The third-order valence-corrected chi connectivity index (χ3v) is 3.63. The molecule has 0 heterocycles. The van der Waals surface area contributed by atoms with E-state index in [1.165, 1.54) is 6.92 Å². The smallest absolute Gasteiger partial charge is 0.324 e. The van der Waals surface area contributed by atoms with Crippen molar-refractivity contribution in [2.24, 2.45) is 5.41 Å². The Bertz CT molecular complexity index is 539. The van der Waals surface area contributed by atoms with E-state index in [-0.39, 0.29) is 13.2 Å². The second kappa shape index (κ2) is 8.26. The van der Waals surface area contributed by atoms with E-state index in [1.807, 2.05) is 0 Å². The van der Waals surface area contributed by atoms with Gasteiger partial charge in [0.1, 0.15) is 0 Å². The summed E-state index contributed by atoms with van der Waals surface area (Å²) in [7, 11) is 0. The van der Waals surface area contributed by atoms with E-state index in [1.54, 1.807) is 44.2 Å². The first-order chi connectivity index (χ1) is 10.9. The fraction of sp³-hybridized carbons (Fsp3) is 0.500. The normalized spacial score (nSPS) is 12.3. The van der Waals surface area contributed by atoms with Gasteiger partial charge in [-0.1, -0.05) is 30.3 Å². The molecule has 0 radical (unpaired) electrons. The first-order valence-electron chi connectivity index (χ1n) is 7.39. The zero-order valence-corrected chi connectivity index (χ0v) is 13.5. The van der Waals surface area contributed by atoms with Gasteiger partial charge in [-0.3, -0.25) is 19.7 Å². The van der Waals surface area contributed by atoms with E-state index in [0.717, 1.165) is 0 Å². The number of nitro groups is 1. The summed E-state index contributed by atoms with van der Waals surface area (Å²) in [4.78, 5) is 35.4. The van der Waals surface area contributed by atoms with E-state index in [9.17, 15) is 19.7 Å². The summed E-state index contributed by atoms with van der Waals surface area (Å²) < 4.78 is 9.99. The average molecular weight is 323 g/mol. The summed E-state index contributed by atoms with van der Waals surface area (Å²) in [6.07, 6.45) is 0. The van der Waals surface area contributed by atoms with Gasteiger partial charge in [-0.05, 0) is 26.3 Å². The van der Waals surface area contributed by atoms with Gasteiger partial charge in [0.25, 0.3) is 0 Å². The van der Waals surface area contributed by atoms with Crippen LogP contribution in [0.25, 0.3) is 0 Å². The minimum absolute atomic E-state index is 0.0633. The van der Waals surface area contributed by atoms with Crippen molar-refractivity contribution in [1.82, 2.24) is 0 Å². The molecular weight excluding hydrogens is 302 g/mol. The van der Waals surface area contributed by atoms with Gasteiger partial charge in [-0.15, -0.1) is 0 Å². The number of ether oxygens (including phenoxy) is 2. The maximum absolute atomic E-state index is 12.4. The molecule has 7 heteroatoms. The predicted octanol–water partition coefficient (Wildman–Crippen LogP) is 2.18. The van der Waals surface area contributed by atoms with Crippen LogP contribution in [0.3, 0.4) is 0 Å². The molecule has 1 aromatic carbocycles. The second-order valence-electron chi connectivity index (χ2n) is 5.12. The predicted molar refractivity (Wildman–Crippen MR) is 82.4 cm³/mol. The van der Waals surface area contributed by atoms with Gasteiger partial charge in [0, 0.05) is 4.92 Å². The molecule has 0 aliphatic carbocycles. The standard InChI is InChI=1S/C16H21NO6/c1-4-22-14(18)16(3,15(19)23-5-2)13(11-17(20)21)12-9-7-6-8-10-12/h6-10,13H,4-5,11H2,1-3H3/t13-/m1/s1. The van der Waals surface area contributed by atoms with Crippen LogP contribution >= 0.6 is 0 Å². The highest BCUT2D eigenvalue weighted by Crippen LogP contribution is 2.38. The quantitative estimate of drug-likeness (QED) is 0.315. The number of hydrogen-bond acceptors (Lipinski definition) is 6. The van der Waals surface area contributed by atoms with Crippen LogP contribution in [0.4, 0.5) is 0 Å². The molecule has 1 atom stereocenters. The van der Waals surface area contributed by atoms with Crippen LogP contribution in [0.1, 0.15) is 32.3 Å². The third kappa shape index (κ3) is 4.28. The van der Waals surface area contributed by atoms with Gasteiger partial charge in [0.2, 0.25) is 6.54 Å². The average Bonchev–Trinajstić information content (AvgIpc) is 2.53. The van der Waals surface area contributed by atoms with E-state index < -0.39 is 34.7 Å². The maximum Gasteiger partial charge on any atom is 0.324 e. The molecule has 23 heavy (non-hydrogen) atoms. The van der Waals surface area contributed by atoms with E-state index in [4.69, 9.17) is 9.47 Å². The zero-order chi connectivity index (χ0) is 17.5. The van der Waals surface area contributed by atoms with Gasteiger partial charge < -0.3 is 9.47 Å². The molecule has 0 saturated carbocycles. The number of nitrogens with zero attached hydrogens (tertiary/aromatic N) is 1. The molecule has 0 N–H and O–H groups in total. The number of carbonyl (C=O) groups excluding carboxylic acids is 2. The molecule has 0 bridgehead atoms. The number of rotatable bonds is 8. The lowest BCUT2D eigenvalue weighted by atomic mass is 9.73. The second-order valence-corrected chi connectivity index (χ2v) is 5.12. The van der Waals surface area contributed by atoms with Crippen molar-refractivity contribution in [1.29, 1.82) is 0 Å². The van der Waals surface area contributed by atoms with Gasteiger partial charge in [0.05, 0.1) is 19.1 Å². The highest BCUT2D eigenvalue weighted by atomic mass is 16.6. The van der Waals surface area contributed by atoms with Gasteiger partial charge in [-0.25, -0.2) is 0 Å². The number of hydrogen-bond donors (Lipinski definition) is 0. The Morgan fingerprint density at radius 3 is 2.00 bits per heavy atom. The molecule has 1 rings (SSSR count). The van der Waals surface area contributed by atoms with Crippen LogP contribution in [-0.2, 0) is 19.1 Å². The minimum atomic E-state index is -1.79. The molecule has 0 unspecified atom stereocenters. The highest BCUT2D eigenvalue weighted by Gasteiger charge is 2.53. The summed E-state index contributed by atoms with van der Waals surface area (Å²) in [6, 6.07) is 8.42. The van der Waals surface area contributed by atoms with Crippen LogP contribution < -0.4 is 0 Å². The van der Waals surface area contributed by atoms with Crippen LogP contribution in [-0.4, -0.2) is 36.6 Å². The molecule has 1 aromatic rings. The van der Waals surface area contributed by atoms with E-state index in [0.29, 0.717) is 5.56 Å². The first kappa shape index (κ1) is 18.6. The number of benzene rings is 1. The Balaban J connectivity index is 3.39. The van der Waals surface area contributed by atoms with Crippen molar-refractivity contribution in [3.8, 4) is 0 Å². The van der Waals surface area contributed by atoms with E-state index in [2.05, 4.69) is 0 Å². The van der Waals surface area contributed by atoms with Crippen LogP contribution in [0.2, 0.25) is 0 Å². The van der Waals surface area contributed by atoms with Crippen molar-refractivity contribution in [2.45, 2.75) is 26.7 Å². The minimum Gasteiger partial charge on any atom is -0.465 e. The Morgan fingerprint density at radius 1 is 1.13 bits per heavy atom. The van der Waals surface area contributed by atoms with Crippen LogP contribution in [0.15, 0.2) is 30.3 Å². The summed E-state index contributed by atoms with van der Waals surface area (Å²) in [6.45, 7) is 4.09. The van der Waals surface area contributed by atoms with Crippen molar-refractivity contribution in [3.63, 3.8) is 0 Å². The number of carbonyl (C=O) groups is 2. The SMILES string of the molecule is CCOC(=O)C(C)(C(=O)OCC)[C@H](C[N+](=O)[O-])c1ccccc1. The van der Waals surface area contributed by atoms with Crippen molar-refractivity contribution in [3.05, 3.63) is 46.0 Å². The molecular formula is C16H21NO6. The summed E-state index contributed by atoms with van der Waals surface area (Å²) in [5.41, 5.74) is -1.28. The van der Waals surface area contributed by atoms with Crippen molar-refractivity contribution < 1.29 is 24.0 Å². The van der Waals surface area contributed by atoms with Gasteiger partial charge >= 0.3 is 11.9 Å². The molecule has 0 aliphatic heterocycles. The van der Waals surface area contributed by atoms with Gasteiger partial charge in [-0.2, -0.15) is 0 Å². The Labute approximate surface area is 134 Å². The molecule has 7 nitrogen and oxygen atoms in total. The monoisotopic (exact) mass is 323 g/mol. The molecule has 0 fully saturated rings. The number of esters is 2. The lowest BCUT2D eigenvalue weighted by Crippen LogP contribution is -2.46. The maximum atomic E-state index is 12.4. The molecule has 0 aromatic heterocycles. The Morgan fingerprint density at radius 2 is 1.61 bits per heavy atom. The lowest BCUT2D eigenvalue weighted by Gasteiger charge is -2.31. The molecule has 0 aliphatic rings. The largest absolute Gasteiger partial charge is 0.465 e.